The Labute approximate surface area is 140 Å². The van der Waals surface area contributed by atoms with Crippen molar-refractivity contribution >= 4 is 28.4 Å². The first-order chi connectivity index (χ1) is 11.9. The van der Waals surface area contributed by atoms with Crippen LogP contribution in [0.5, 0.6) is 5.75 Å². The molecule has 6 nitrogen and oxygen atoms in total. The number of aromatic amines is 1. The van der Waals surface area contributed by atoms with Crippen LogP contribution in [-0.4, -0.2) is 23.4 Å². The Kier molecular flexibility index (Phi) is 4.34. The number of anilines is 1. The standard InChI is InChI=1S/C17H13F2N3O3/c18-12-5-6-13(19)16-11(12)7-14(22-16)17(24)21-9-1-3-10(4-2-9)25-8-15(20)23/h1-7,22H,8H2,(H2,20,23)(H,21,24). The van der Waals surface area contributed by atoms with Crippen LogP contribution in [0, 0.1) is 11.6 Å². The number of fused-ring (bicyclic) bond motifs is 1. The summed E-state index contributed by atoms with van der Waals surface area (Å²) >= 11 is 0. The molecule has 0 radical (unpaired) electrons. The number of carbonyl (C=O) groups excluding carboxylic acids is 2. The molecule has 0 fully saturated rings. The molecule has 0 aliphatic carbocycles. The highest BCUT2D eigenvalue weighted by atomic mass is 19.1. The summed E-state index contributed by atoms with van der Waals surface area (Å²) in [6.45, 7) is -0.252. The molecule has 128 valence electrons. The highest BCUT2D eigenvalue weighted by Crippen LogP contribution is 2.23. The Balaban J connectivity index is 1.75. The van der Waals surface area contributed by atoms with Gasteiger partial charge in [0.05, 0.1) is 5.52 Å². The molecule has 25 heavy (non-hydrogen) atoms. The molecular formula is C17H13F2N3O3. The average Bonchev–Trinajstić information content (AvgIpc) is 3.04. The van der Waals surface area contributed by atoms with E-state index in [9.17, 15) is 18.4 Å². The summed E-state index contributed by atoms with van der Waals surface area (Å²) < 4.78 is 32.4. The molecule has 3 aromatic rings. The number of benzene rings is 2. The molecule has 4 N–H and O–H groups in total. The van der Waals surface area contributed by atoms with E-state index in [0.717, 1.165) is 12.1 Å². The molecule has 1 aromatic heterocycles. The van der Waals surface area contributed by atoms with Gasteiger partial charge in [0.25, 0.3) is 11.8 Å². The largest absolute Gasteiger partial charge is 0.484 e. The van der Waals surface area contributed by atoms with Gasteiger partial charge in [-0.3, -0.25) is 9.59 Å². The van der Waals surface area contributed by atoms with Crippen LogP contribution in [-0.2, 0) is 4.79 Å². The van der Waals surface area contributed by atoms with Crippen LogP contribution >= 0.6 is 0 Å². The minimum Gasteiger partial charge on any atom is -0.484 e. The molecule has 1 heterocycles. The van der Waals surface area contributed by atoms with Gasteiger partial charge in [0.15, 0.2) is 6.61 Å². The topological polar surface area (TPSA) is 97.2 Å². The maximum absolute atomic E-state index is 13.7. The van der Waals surface area contributed by atoms with E-state index in [0.29, 0.717) is 11.4 Å². The van der Waals surface area contributed by atoms with E-state index < -0.39 is 23.4 Å². The number of hydrogen-bond donors (Lipinski definition) is 3. The molecule has 2 aromatic carbocycles. The molecule has 0 spiro atoms. The average molecular weight is 345 g/mol. The van der Waals surface area contributed by atoms with Crippen molar-refractivity contribution in [1.82, 2.24) is 4.98 Å². The molecule has 0 aliphatic rings. The van der Waals surface area contributed by atoms with Crippen molar-refractivity contribution in [2.45, 2.75) is 0 Å². The summed E-state index contributed by atoms with van der Waals surface area (Å²) in [7, 11) is 0. The number of aromatic nitrogens is 1. The predicted molar refractivity (Wildman–Crippen MR) is 87.3 cm³/mol. The van der Waals surface area contributed by atoms with Crippen molar-refractivity contribution in [3.63, 3.8) is 0 Å². The van der Waals surface area contributed by atoms with Gasteiger partial charge in [-0.15, -0.1) is 0 Å². The van der Waals surface area contributed by atoms with Crippen molar-refractivity contribution in [3.8, 4) is 5.75 Å². The van der Waals surface area contributed by atoms with Gasteiger partial charge in [-0.2, -0.15) is 0 Å². The van der Waals surface area contributed by atoms with Gasteiger partial charge < -0.3 is 20.8 Å². The van der Waals surface area contributed by atoms with Crippen molar-refractivity contribution in [2.24, 2.45) is 5.73 Å². The van der Waals surface area contributed by atoms with E-state index >= 15 is 0 Å². The molecule has 0 aliphatic heterocycles. The summed E-state index contributed by atoms with van der Waals surface area (Å²) in [5.74, 6) is -2.02. The van der Waals surface area contributed by atoms with E-state index in [2.05, 4.69) is 10.3 Å². The lowest BCUT2D eigenvalue weighted by Gasteiger charge is -2.06. The van der Waals surface area contributed by atoms with Gasteiger partial charge in [-0.1, -0.05) is 0 Å². The van der Waals surface area contributed by atoms with Crippen LogP contribution in [0.15, 0.2) is 42.5 Å². The number of rotatable bonds is 5. The zero-order chi connectivity index (χ0) is 18.0. The normalized spacial score (nSPS) is 10.6. The van der Waals surface area contributed by atoms with Crippen molar-refractivity contribution in [1.29, 1.82) is 0 Å². The van der Waals surface area contributed by atoms with Gasteiger partial charge >= 0.3 is 0 Å². The third-order valence-electron chi connectivity index (χ3n) is 3.43. The Morgan fingerprint density at radius 3 is 2.40 bits per heavy atom. The number of amides is 2. The van der Waals surface area contributed by atoms with Crippen LogP contribution in [0.25, 0.3) is 10.9 Å². The molecular weight excluding hydrogens is 332 g/mol. The number of ether oxygens (including phenoxy) is 1. The van der Waals surface area contributed by atoms with Crippen molar-refractivity contribution in [2.75, 3.05) is 11.9 Å². The quantitative estimate of drug-likeness (QED) is 0.663. The van der Waals surface area contributed by atoms with Gasteiger partial charge in [-0.05, 0) is 42.5 Å². The smallest absolute Gasteiger partial charge is 0.272 e. The number of nitrogens with two attached hydrogens (primary N) is 1. The molecule has 0 atom stereocenters. The van der Waals surface area contributed by atoms with Crippen LogP contribution in [0.4, 0.5) is 14.5 Å². The summed E-state index contributed by atoms with van der Waals surface area (Å²) in [6, 6.07) is 9.42. The van der Waals surface area contributed by atoms with E-state index in [4.69, 9.17) is 10.5 Å². The molecule has 0 saturated heterocycles. The van der Waals surface area contributed by atoms with Crippen molar-refractivity contribution in [3.05, 3.63) is 59.8 Å². The molecule has 3 rings (SSSR count). The maximum atomic E-state index is 13.7. The van der Waals surface area contributed by atoms with Gasteiger partial charge in [0.2, 0.25) is 0 Å². The molecule has 2 amide bonds. The summed E-state index contributed by atoms with van der Waals surface area (Å²) in [6.07, 6.45) is 0. The second-order valence-corrected chi connectivity index (χ2v) is 5.23. The van der Waals surface area contributed by atoms with Crippen LogP contribution in [0.2, 0.25) is 0 Å². The molecule has 8 heteroatoms. The van der Waals surface area contributed by atoms with E-state index in [1.165, 1.54) is 6.07 Å². The second-order valence-electron chi connectivity index (χ2n) is 5.23. The van der Waals surface area contributed by atoms with E-state index in [-0.39, 0.29) is 23.2 Å². The zero-order valence-corrected chi connectivity index (χ0v) is 12.8. The highest BCUT2D eigenvalue weighted by Gasteiger charge is 2.14. The third kappa shape index (κ3) is 3.57. The van der Waals surface area contributed by atoms with Crippen LogP contribution < -0.4 is 15.8 Å². The zero-order valence-electron chi connectivity index (χ0n) is 12.8. The van der Waals surface area contributed by atoms with Gasteiger partial charge in [-0.25, -0.2) is 8.78 Å². The number of H-pyrrole nitrogens is 1. The van der Waals surface area contributed by atoms with Crippen LogP contribution in [0.3, 0.4) is 0 Å². The second kappa shape index (κ2) is 6.60. The molecule has 0 unspecified atom stereocenters. The van der Waals surface area contributed by atoms with E-state index in [1.807, 2.05) is 0 Å². The first-order valence-electron chi connectivity index (χ1n) is 7.23. The fourth-order valence-corrected chi connectivity index (χ4v) is 2.26. The fraction of sp³-hybridized carbons (Fsp3) is 0.0588. The number of carbonyl (C=O) groups is 2. The Hall–Kier alpha value is -3.42. The number of nitrogens with one attached hydrogen (secondary N) is 2. The minimum atomic E-state index is -0.647. The first-order valence-corrected chi connectivity index (χ1v) is 7.23. The highest BCUT2D eigenvalue weighted by molar-refractivity contribution is 6.06. The Morgan fingerprint density at radius 2 is 1.76 bits per heavy atom. The monoisotopic (exact) mass is 345 g/mol. The fourth-order valence-electron chi connectivity index (χ4n) is 2.26. The predicted octanol–water partition coefficient (Wildman–Crippen LogP) is 2.56. The maximum Gasteiger partial charge on any atom is 0.272 e. The Morgan fingerprint density at radius 1 is 1.08 bits per heavy atom. The minimum absolute atomic E-state index is 0.000324. The molecule has 0 bridgehead atoms. The van der Waals surface area contributed by atoms with E-state index in [1.54, 1.807) is 24.3 Å². The third-order valence-corrected chi connectivity index (χ3v) is 3.43. The van der Waals surface area contributed by atoms with Crippen molar-refractivity contribution < 1.29 is 23.1 Å². The first kappa shape index (κ1) is 16.4. The lowest BCUT2D eigenvalue weighted by molar-refractivity contribution is -0.119. The number of halogens is 2. The summed E-state index contributed by atoms with van der Waals surface area (Å²) in [5.41, 5.74) is 5.37. The lowest BCUT2D eigenvalue weighted by atomic mass is 10.2. The van der Waals surface area contributed by atoms with Gasteiger partial charge in [0, 0.05) is 11.1 Å². The summed E-state index contributed by atoms with van der Waals surface area (Å²) in [4.78, 5) is 25.4. The van der Waals surface area contributed by atoms with Gasteiger partial charge in [0.1, 0.15) is 23.1 Å². The number of primary amides is 1. The van der Waals surface area contributed by atoms with Crippen LogP contribution in [0.1, 0.15) is 10.5 Å². The SMILES string of the molecule is NC(=O)COc1ccc(NC(=O)c2cc3c(F)ccc(F)c3[nH]2)cc1. The summed E-state index contributed by atoms with van der Waals surface area (Å²) in [5, 5.41) is 2.59. The molecule has 0 saturated carbocycles. The lowest BCUT2D eigenvalue weighted by Crippen LogP contribution is -2.20. The Bertz CT molecular complexity index is 913. The number of hydrogen-bond acceptors (Lipinski definition) is 3.